The summed E-state index contributed by atoms with van der Waals surface area (Å²) in [7, 11) is 0. The van der Waals surface area contributed by atoms with Gasteiger partial charge in [-0.2, -0.15) is 4.57 Å². The minimum Gasteiger partial charge on any atom is -0.458 e. The van der Waals surface area contributed by atoms with Crippen molar-refractivity contribution in [3.63, 3.8) is 0 Å². The maximum atomic E-state index is 12.2. The SMILES string of the molecule is CCCOC(=O)c1cncc[n+]1CC(=O)c1ccccc1. The van der Waals surface area contributed by atoms with Crippen molar-refractivity contribution in [2.75, 3.05) is 6.61 Å². The van der Waals surface area contributed by atoms with Crippen LogP contribution in [0, 0.1) is 0 Å². The topological polar surface area (TPSA) is 60.1 Å². The Kier molecular flexibility index (Phi) is 5.15. The molecule has 0 aliphatic carbocycles. The average Bonchev–Trinajstić information content (AvgIpc) is 2.54. The summed E-state index contributed by atoms with van der Waals surface area (Å²) in [5.74, 6) is -0.540. The van der Waals surface area contributed by atoms with Gasteiger partial charge in [0, 0.05) is 5.56 Å². The zero-order valence-corrected chi connectivity index (χ0v) is 11.9. The highest BCUT2D eigenvalue weighted by molar-refractivity contribution is 5.95. The predicted molar refractivity (Wildman–Crippen MR) is 75.8 cm³/mol. The number of carbonyl (C=O) groups excluding carboxylic acids is 2. The van der Waals surface area contributed by atoms with E-state index in [2.05, 4.69) is 4.98 Å². The first kappa shape index (κ1) is 14.8. The van der Waals surface area contributed by atoms with Crippen LogP contribution in [-0.4, -0.2) is 23.3 Å². The van der Waals surface area contributed by atoms with Gasteiger partial charge in [-0.25, -0.2) is 4.79 Å². The standard InChI is InChI=1S/C16H17N2O3/c1-2-10-21-16(20)14-11-17-8-9-18(14)12-15(19)13-6-4-3-5-7-13/h3-9,11H,2,10,12H2,1H3/q+1. The van der Waals surface area contributed by atoms with E-state index in [0.717, 1.165) is 6.42 Å². The van der Waals surface area contributed by atoms with Crippen molar-refractivity contribution in [1.29, 1.82) is 0 Å². The molecule has 0 spiro atoms. The van der Waals surface area contributed by atoms with E-state index in [1.807, 2.05) is 13.0 Å². The fourth-order valence-corrected chi connectivity index (χ4v) is 1.83. The van der Waals surface area contributed by atoms with Gasteiger partial charge in [0.15, 0.2) is 6.20 Å². The molecule has 0 radical (unpaired) electrons. The summed E-state index contributed by atoms with van der Waals surface area (Å²) in [6.07, 6.45) is 5.30. The van der Waals surface area contributed by atoms with Crippen LogP contribution in [0.1, 0.15) is 34.2 Å². The van der Waals surface area contributed by atoms with Crippen molar-refractivity contribution >= 4 is 11.8 Å². The monoisotopic (exact) mass is 285 g/mol. The summed E-state index contributed by atoms with van der Waals surface area (Å²) in [6, 6.07) is 8.96. The molecule has 0 N–H and O–H groups in total. The van der Waals surface area contributed by atoms with Crippen molar-refractivity contribution < 1.29 is 18.9 Å². The van der Waals surface area contributed by atoms with Gasteiger partial charge >= 0.3 is 11.7 Å². The van der Waals surface area contributed by atoms with Gasteiger partial charge in [-0.15, -0.1) is 0 Å². The number of hydrogen-bond donors (Lipinski definition) is 0. The van der Waals surface area contributed by atoms with Crippen LogP contribution in [0.2, 0.25) is 0 Å². The van der Waals surface area contributed by atoms with Crippen molar-refractivity contribution in [2.45, 2.75) is 19.9 Å². The van der Waals surface area contributed by atoms with Crippen LogP contribution < -0.4 is 4.57 Å². The first-order valence-electron chi connectivity index (χ1n) is 6.81. The van der Waals surface area contributed by atoms with Gasteiger partial charge in [0.25, 0.3) is 0 Å². The Morgan fingerprint density at radius 3 is 2.71 bits per heavy atom. The minimum atomic E-state index is -0.467. The average molecular weight is 285 g/mol. The molecule has 108 valence electrons. The second kappa shape index (κ2) is 7.28. The number of benzene rings is 1. The molecule has 0 unspecified atom stereocenters. The molecular weight excluding hydrogens is 268 g/mol. The van der Waals surface area contributed by atoms with Crippen LogP contribution in [0.3, 0.4) is 0 Å². The van der Waals surface area contributed by atoms with Gasteiger partial charge in [0.05, 0.1) is 12.8 Å². The van der Waals surface area contributed by atoms with Gasteiger partial charge in [-0.3, -0.25) is 9.78 Å². The smallest absolute Gasteiger partial charge is 0.405 e. The number of ketones is 1. The number of Topliss-reactive ketones (excluding diaryl/α,β-unsaturated/α-hetero) is 1. The Morgan fingerprint density at radius 2 is 2.00 bits per heavy atom. The number of aromatic nitrogens is 2. The van der Waals surface area contributed by atoms with Crippen LogP contribution in [0.25, 0.3) is 0 Å². The van der Waals surface area contributed by atoms with Crippen molar-refractivity contribution in [2.24, 2.45) is 0 Å². The fraction of sp³-hybridized carbons (Fsp3) is 0.250. The normalized spacial score (nSPS) is 10.1. The minimum absolute atomic E-state index is 0.0725. The van der Waals surface area contributed by atoms with E-state index in [-0.39, 0.29) is 18.0 Å². The van der Waals surface area contributed by atoms with Crippen molar-refractivity contribution in [1.82, 2.24) is 4.98 Å². The fourth-order valence-electron chi connectivity index (χ4n) is 1.83. The van der Waals surface area contributed by atoms with E-state index in [0.29, 0.717) is 12.2 Å². The molecule has 0 aliphatic rings. The molecule has 0 aliphatic heterocycles. The lowest BCUT2D eigenvalue weighted by Gasteiger charge is -2.03. The third kappa shape index (κ3) is 3.95. The van der Waals surface area contributed by atoms with Gasteiger partial charge < -0.3 is 4.74 Å². The zero-order chi connectivity index (χ0) is 15.1. The number of rotatable bonds is 6. The summed E-state index contributed by atoms with van der Waals surface area (Å²) in [5.41, 5.74) is 0.880. The van der Waals surface area contributed by atoms with E-state index in [9.17, 15) is 9.59 Å². The molecule has 0 saturated carbocycles. The number of hydrogen-bond acceptors (Lipinski definition) is 4. The summed E-state index contributed by atoms with van der Waals surface area (Å²) < 4.78 is 6.65. The molecule has 1 aromatic carbocycles. The molecule has 5 heteroatoms. The quantitative estimate of drug-likeness (QED) is 0.461. The van der Waals surface area contributed by atoms with Crippen LogP contribution >= 0.6 is 0 Å². The highest BCUT2D eigenvalue weighted by Gasteiger charge is 2.23. The lowest BCUT2D eigenvalue weighted by Crippen LogP contribution is -2.44. The molecule has 21 heavy (non-hydrogen) atoms. The Balaban J connectivity index is 2.17. The lowest BCUT2D eigenvalue weighted by molar-refractivity contribution is -0.686. The Morgan fingerprint density at radius 1 is 1.24 bits per heavy atom. The Labute approximate surface area is 123 Å². The summed E-state index contributed by atoms with van der Waals surface area (Å²) in [4.78, 5) is 28.1. The van der Waals surface area contributed by atoms with E-state index in [1.54, 1.807) is 35.0 Å². The third-order valence-electron chi connectivity index (χ3n) is 2.90. The molecule has 0 atom stereocenters. The van der Waals surface area contributed by atoms with Gasteiger partial charge in [0.1, 0.15) is 6.20 Å². The molecule has 1 aromatic heterocycles. The molecular formula is C16H17N2O3+. The van der Waals surface area contributed by atoms with E-state index in [4.69, 9.17) is 4.74 Å². The largest absolute Gasteiger partial charge is 0.458 e. The number of esters is 1. The zero-order valence-electron chi connectivity index (χ0n) is 11.9. The summed E-state index contributed by atoms with van der Waals surface area (Å²) in [5, 5.41) is 0. The first-order valence-corrected chi connectivity index (χ1v) is 6.81. The molecule has 2 aromatic rings. The van der Waals surface area contributed by atoms with Crippen LogP contribution in [0.5, 0.6) is 0 Å². The summed E-state index contributed by atoms with van der Waals surface area (Å²) in [6.45, 7) is 2.34. The maximum Gasteiger partial charge on any atom is 0.405 e. The third-order valence-corrected chi connectivity index (χ3v) is 2.90. The van der Waals surface area contributed by atoms with E-state index >= 15 is 0 Å². The number of nitrogens with zero attached hydrogens (tertiary/aromatic N) is 2. The molecule has 0 bridgehead atoms. The molecule has 5 nitrogen and oxygen atoms in total. The molecule has 0 amide bonds. The molecule has 1 heterocycles. The molecule has 0 fully saturated rings. The Hall–Kier alpha value is -2.56. The highest BCUT2D eigenvalue weighted by Crippen LogP contribution is 2.01. The van der Waals surface area contributed by atoms with Crippen LogP contribution in [0.15, 0.2) is 48.9 Å². The maximum absolute atomic E-state index is 12.2. The van der Waals surface area contributed by atoms with Gasteiger partial charge in [0.2, 0.25) is 12.3 Å². The van der Waals surface area contributed by atoms with Crippen LogP contribution in [0.4, 0.5) is 0 Å². The first-order chi connectivity index (χ1) is 10.2. The molecule has 0 saturated heterocycles. The molecule has 2 rings (SSSR count). The lowest BCUT2D eigenvalue weighted by atomic mass is 10.1. The predicted octanol–water partition coefficient (Wildman–Crippen LogP) is 1.82. The van der Waals surface area contributed by atoms with Crippen molar-refractivity contribution in [3.8, 4) is 0 Å². The Bertz CT molecular complexity index is 626. The second-order valence-electron chi connectivity index (χ2n) is 4.51. The number of carbonyl (C=O) groups is 2. The highest BCUT2D eigenvalue weighted by atomic mass is 16.5. The van der Waals surface area contributed by atoms with E-state index in [1.165, 1.54) is 12.4 Å². The van der Waals surface area contributed by atoms with Gasteiger partial charge in [-0.1, -0.05) is 37.3 Å². The summed E-state index contributed by atoms with van der Waals surface area (Å²) >= 11 is 0. The van der Waals surface area contributed by atoms with E-state index < -0.39 is 5.97 Å². The van der Waals surface area contributed by atoms with Crippen LogP contribution in [-0.2, 0) is 11.3 Å². The second-order valence-corrected chi connectivity index (χ2v) is 4.51. The van der Waals surface area contributed by atoms with Gasteiger partial charge in [-0.05, 0) is 6.42 Å². The number of ether oxygens (including phenoxy) is 1. The van der Waals surface area contributed by atoms with Crippen molar-refractivity contribution in [3.05, 3.63) is 60.2 Å².